The highest BCUT2D eigenvalue weighted by Gasteiger charge is 2.33. The van der Waals surface area contributed by atoms with E-state index < -0.39 is 43.7 Å². The number of halogens is 3. The first-order chi connectivity index (χ1) is 7.61. The highest BCUT2D eigenvalue weighted by Crippen LogP contribution is 2.16. The first kappa shape index (κ1) is 15.0. The first-order valence-corrected chi connectivity index (χ1v) is 4.21. The maximum Gasteiger partial charge on any atom is 0.406 e. The SMILES string of the molecule is NC(=O)CNC(=O)N(CC(=O)O)CC(F)(F)F. The highest BCUT2D eigenvalue weighted by molar-refractivity contribution is 5.84. The summed E-state index contributed by atoms with van der Waals surface area (Å²) in [4.78, 5) is 31.7. The number of nitrogens with one attached hydrogen (secondary N) is 1. The molecule has 0 spiro atoms. The van der Waals surface area contributed by atoms with Crippen LogP contribution in [-0.2, 0) is 9.59 Å². The highest BCUT2D eigenvalue weighted by atomic mass is 19.4. The number of hydrogen-bond donors (Lipinski definition) is 3. The molecular weight excluding hydrogens is 247 g/mol. The van der Waals surface area contributed by atoms with Crippen molar-refractivity contribution in [2.24, 2.45) is 5.73 Å². The fourth-order valence-corrected chi connectivity index (χ4v) is 0.854. The second-order valence-corrected chi connectivity index (χ2v) is 2.99. The number of nitrogens with zero attached hydrogens (tertiary/aromatic N) is 1. The summed E-state index contributed by atoms with van der Waals surface area (Å²) in [5.41, 5.74) is 4.66. The van der Waals surface area contributed by atoms with Gasteiger partial charge in [0, 0.05) is 0 Å². The molecule has 0 aliphatic carbocycles. The Balaban J connectivity index is 4.50. The van der Waals surface area contributed by atoms with Crippen molar-refractivity contribution < 1.29 is 32.7 Å². The number of hydrogen-bond acceptors (Lipinski definition) is 3. The van der Waals surface area contributed by atoms with E-state index in [1.165, 1.54) is 0 Å². The number of rotatable bonds is 5. The molecule has 0 heterocycles. The van der Waals surface area contributed by atoms with E-state index in [2.05, 4.69) is 5.73 Å². The van der Waals surface area contributed by atoms with Crippen LogP contribution in [0, 0.1) is 0 Å². The van der Waals surface area contributed by atoms with Crippen molar-refractivity contribution in [3.05, 3.63) is 0 Å². The Bertz CT molecular complexity index is 318. The lowest BCUT2D eigenvalue weighted by Gasteiger charge is -2.22. The Morgan fingerprint density at radius 2 is 1.82 bits per heavy atom. The van der Waals surface area contributed by atoms with Crippen LogP contribution in [0.2, 0.25) is 0 Å². The molecule has 0 fully saturated rings. The smallest absolute Gasteiger partial charge is 0.406 e. The number of alkyl halides is 3. The predicted octanol–water partition coefficient (Wildman–Crippen LogP) is -0.870. The molecule has 0 atom stereocenters. The maximum absolute atomic E-state index is 12.0. The number of carboxylic acid groups (broad SMARTS) is 1. The third-order valence-electron chi connectivity index (χ3n) is 1.40. The van der Waals surface area contributed by atoms with Crippen LogP contribution < -0.4 is 11.1 Å². The molecule has 0 saturated carbocycles. The number of nitrogens with two attached hydrogens (primary N) is 1. The standard InChI is InChI=1S/C7H10F3N3O4/c8-7(9,10)3-13(2-5(15)16)6(17)12-1-4(11)14/h1-3H2,(H2,11,14)(H,12,17)(H,15,16). The van der Waals surface area contributed by atoms with Crippen LogP contribution in [0.3, 0.4) is 0 Å². The molecule has 0 aromatic rings. The van der Waals surface area contributed by atoms with Crippen molar-refractivity contribution in [2.45, 2.75) is 6.18 Å². The van der Waals surface area contributed by atoms with Crippen molar-refractivity contribution in [2.75, 3.05) is 19.6 Å². The topological polar surface area (TPSA) is 113 Å². The van der Waals surface area contributed by atoms with Crippen molar-refractivity contribution in [3.63, 3.8) is 0 Å². The average Bonchev–Trinajstić information content (AvgIpc) is 2.09. The molecule has 0 saturated heterocycles. The summed E-state index contributed by atoms with van der Waals surface area (Å²) in [6.45, 7) is -3.54. The second-order valence-electron chi connectivity index (χ2n) is 2.99. The van der Waals surface area contributed by atoms with E-state index in [1.807, 2.05) is 0 Å². The lowest BCUT2D eigenvalue weighted by molar-refractivity contribution is -0.148. The van der Waals surface area contributed by atoms with Gasteiger partial charge in [-0.3, -0.25) is 9.59 Å². The molecule has 0 aliphatic heterocycles. The van der Waals surface area contributed by atoms with E-state index >= 15 is 0 Å². The third kappa shape index (κ3) is 7.88. The third-order valence-corrected chi connectivity index (χ3v) is 1.40. The van der Waals surface area contributed by atoms with Crippen LogP contribution in [0.25, 0.3) is 0 Å². The van der Waals surface area contributed by atoms with E-state index in [4.69, 9.17) is 5.11 Å². The van der Waals surface area contributed by atoms with Gasteiger partial charge in [-0.05, 0) is 0 Å². The number of primary amides is 1. The van der Waals surface area contributed by atoms with Gasteiger partial charge in [-0.2, -0.15) is 13.2 Å². The fraction of sp³-hybridized carbons (Fsp3) is 0.571. The summed E-state index contributed by atoms with van der Waals surface area (Å²) in [7, 11) is 0. The van der Waals surface area contributed by atoms with Gasteiger partial charge in [0.25, 0.3) is 0 Å². The van der Waals surface area contributed by atoms with Crippen molar-refractivity contribution in [1.29, 1.82) is 0 Å². The predicted molar refractivity (Wildman–Crippen MR) is 47.9 cm³/mol. The Morgan fingerprint density at radius 1 is 1.29 bits per heavy atom. The van der Waals surface area contributed by atoms with Crippen LogP contribution >= 0.6 is 0 Å². The summed E-state index contributed by atoms with van der Waals surface area (Å²) >= 11 is 0. The minimum atomic E-state index is -4.74. The first-order valence-electron chi connectivity index (χ1n) is 4.21. The van der Waals surface area contributed by atoms with Gasteiger partial charge in [0.1, 0.15) is 13.1 Å². The molecule has 0 rings (SSSR count). The number of carbonyl (C=O) groups is 3. The fourth-order valence-electron chi connectivity index (χ4n) is 0.854. The Kier molecular flexibility index (Phi) is 5.22. The van der Waals surface area contributed by atoms with Gasteiger partial charge in [-0.1, -0.05) is 0 Å². The summed E-state index contributed by atoms with van der Waals surface area (Å²) < 4.78 is 36.0. The van der Waals surface area contributed by atoms with Crippen molar-refractivity contribution in [3.8, 4) is 0 Å². The number of aliphatic carboxylic acids is 1. The van der Waals surface area contributed by atoms with Crippen LogP contribution in [0.5, 0.6) is 0 Å². The molecule has 0 bridgehead atoms. The Hall–Kier alpha value is -2.00. The maximum atomic E-state index is 12.0. The van der Waals surface area contributed by atoms with E-state index in [0.29, 0.717) is 0 Å². The van der Waals surface area contributed by atoms with Gasteiger partial charge < -0.3 is 21.1 Å². The molecule has 98 valence electrons. The molecule has 0 aromatic heterocycles. The molecule has 10 heteroatoms. The average molecular weight is 257 g/mol. The van der Waals surface area contributed by atoms with Crippen molar-refractivity contribution in [1.82, 2.24) is 10.2 Å². The molecule has 17 heavy (non-hydrogen) atoms. The van der Waals surface area contributed by atoms with Gasteiger partial charge in [0.05, 0.1) is 6.54 Å². The summed E-state index contributed by atoms with van der Waals surface area (Å²) in [5, 5.41) is 10.1. The van der Waals surface area contributed by atoms with Gasteiger partial charge in [-0.15, -0.1) is 0 Å². The lowest BCUT2D eigenvalue weighted by atomic mass is 10.4. The van der Waals surface area contributed by atoms with Crippen LogP contribution in [-0.4, -0.2) is 53.7 Å². The summed E-state index contributed by atoms with van der Waals surface area (Å²) in [5.74, 6) is -2.57. The molecule has 4 N–H and O–H groups in total. The van der Waals surface area contributed by atoms with Gasteiger partial charge in [0.2, 0.25) is 5.91 Å². The Labute approximate surface area is 93.4 Å². The molecule has 0 aromatic carbocycles. The van der Waals surface area contributed by atoms with Crippen molar-refractivity contribution >= 4 is 17.9 Å². The number of amides is 3. The van der Waals surface area contributed by atoms with E-state index in [0.717, 1.165) is 0 Å². The molecular formula is C7H10F3N3O4. The Morgan fingerprint density at radius 3 is 2.18 bits per heavy atom. The molecule has 0 radical (unpaired) electrons. The number of carbonyl (C=O) groups excluding carboxylic acids is 2. The summed E-state index contributed by atoms with van der Waals surface area (Å²) in [6.07, 6.45) is -4.74. The van der Waals surface area contributed by atoms with E-state index in [1.54, 1.807) is 5.32 Å². The van der Waals surface area contributed by atoms with Crippen LogP contribution in [0.4, 0.5) is 18.0 Å². The van der Waals surface area contributed by atoms with Gasteiger partial charge in [-0.25, -0.2) is 4.79 Å². The second kappa shape index (κ2) is 5.92. The molecule has 3 amide bonds. The quantitative estimate of drug-likeness (QED) is 0.594. The van der Waals surface area contributed by atoms with Crippen LogP contribution in [0.1, 0.15) is 0 Å². The minimum absolute atomic E-state index is 0.00523. The zero-order valence-corrected chi connectivity index (χ0v) is 8.45. The normalized spacial score (nSPS) is 10.8. The molecule has 7 nitrogen and oxygen atoms in total. The zero-order valence-electron chi connectivity index (χ0n) is 8.45. The summed E-state index contributed by atoms with van der Waals surface area (Å²) in [6, 6.07) is -1.33. The number of carboxylic acids is 1. The van der Waals surface area contributed by atoms with Crippen LogP contribution in [0.15, 0.2) is 0 Å². The largest absolute Gasteiger partial charge is 0.480 e. The van der Waals surface area contributed by atoms with E-state index in [9.17, 15) is 27.6 Å². The minimum Gasteiger partial charge on any atom is -0.480 e. The van der Waals surface area contributed by atoms with Gasteiger partial charge >= 0.3 is 18.2 Å². The number of urea groups is 1. The zero-order chi connectivity index (χ0) is 13.6. The molecule has 0 unspecified atom stereocenters. The lowest BCUT2D eigenvalue weighted by Crippen LogP contribution is -2.48. The van der Waals surface area contributed by atoms with Gasteiger partial charge in [0.15, 0.2) is 0 Å². The van der Waals surface area contributed by atoms with E-state index in [-0.39, 0.29) is 4.90 Å². The molecule has 0 aliphatic rings. The monoisotopic (exact) mass is 257 g/mol.